The fourth-order valence-electron chi connectivity index (χ4n) is 4.90. The van der Waals surface area contributed by atoms with E-state index in [9.17, 15) is 43.3 Å². The zero-order chi connectivity index (χ0) is 44.1. The topological polar surface area (TPSA) is 283 Å². The van der Waals surface area contributed by atoms with Gasteiger partial charge in [-0.2, -0.15) is 0 Å². The maximum Gasteiger partial charge on any atom is 0.481 e. The summed E-state index contributed by atoms with van der Waals surface area (Å²) in [5.41, 5.74) is 3.19. The van der Waals surface area contributed by atoms with Crippen molar-refractivity contribution in [3.8, 4) is 0 Å². The molecule has 0 radical (unpaired) electrons. The highest BCUT2D eigenvalue weighted by atomic mass is 31.2. The Morgan fingerprint density at radius 1 is 0.733 bits per heavy atom. The lowest BCUT2D eigenvalue weighted by Crippen LogP contribution is -2.56. The molecule has 1 heterocycles. The predicted octanol–water partition coefficient (Wildman–Crippen LogP) is 2.56. The molecule has 2 aromatic rings. The van der Waals surface area contributed by atoms with Crippen LogP contribution < -0.4 is 5.32 Å². The second kappa shape index (κ2) is 25.6. The molecule has 1 aliphatic rings. The van der Waals surface area contributed by atoms with Gasteiger partial charge in [0.2, 0.25) is 33.1 Å². The van der Waals surface area contributed by atoms with Crippen LogP contribution >= 0.6 is 15.6 Å². The number of aliphatic hydroxyl groups is 2. The van der Waals surface area contributed by atoms with Gasteiger partial charge in [0.05, 0.1) is 19.3 Å². The van der Waals surface area contributed by atoms with Crippen molar-refractivity contribution < 1.29 is 98.9 Å². The number of rotatable bonds is 26. The molecule has 24 heteroatoms. The minimum atomic E-state index is -5.06. The van der Waals surface area contributed by atoms with Crippen LogP contribution in [0.15, 0.2) is 54.6 Å². The third kappa shape index (κ3) is 19.5. The largest absolute Gasteiger partial charge is 0.481 e. The number of esters is 4. The molecule has 334 valence electrons. The number of ether oxygens (including phenoxy) is 6. The first-order valence-corrected chi connectivity index (χ1v) is 21.0. The van der Waals surface area contributed by atoms with E-state index in [0.717, 1.165) is 50.8 Å². The minimum Gasteiger partial charge on any atom is -0.438 e. The number of nitrogens with one attached hydrogen (secondary N) is 1. The first-order chi connectivity index (χ1) is 28.5. The Bertz CT molecular complexity index is 1750. The number of benzene rings is 2. The number of hydrogen-bond acceptors (Lipinski definition) is 21. The van der Waals surface area contributed by atoms with E-state index in [1.54, 1.807) is 0 Å². The average Bonchev–Trinajstić information content (AvgIpc) is 3.17. The van der Waals surface area contributed by atoms with Crippen LogP contribution in [0.5, 0.6) is 0 Å². The lowest BCUT2D eigenvalue weighted by molar-refractivity contribution is -0.271. The molecule has 60 heavy (non-hydrogen) atoms. The molecule has 22 nitrogen and oxygen atoms in total. The molecule has 2 aromatic carbocycles. The van der Waals surface area contributed by atoms with Crippen LogP contribution in [0.2, 0.25) is 0 Å². The van der Waals surface area contributed by atoms with Crippen LogP contribution in [-0.2, 0) is 102 Å². The van der Waals surface area contributed by atoms with Gasteiger partial charge in [0.25, 0.3) is 0 Å². The van der Waals surface area contributed by atoms with Gasteiger partial charge in [-0.3, -0.25) is 33.0 Å². The highest BCUT2D eigenvalue weighted by molar-refractivity contribution is 7.48. The molecule has 3 rings (SSSR count). The van der Waals surface area contributed by atoms with Gasteiger partial charge in [-0.1, -0.05) is 54.6 Å². The third-order valence-electron chi connectivity index (χ3n) is 7.68. The molecule has 1 aliphatic heterocycles. The van der Waals surface area contributed by atoms with E-state index in [0.29, 0.717) is 6.42 Å². The minimum absolute atomic E-state index is 0.116. The summed E-state index contributed by atoms with van der Waals surface area (Å²) in [6.07, 6.45) is -7.71. The van der Waals surface area contributed by atoms with Gasteiger partial charge in [0.1, 0.15) is 18.3 Å². The molecular formula is C36H49NO21P2. The molecule has 1 saturated heterocycles. The van der Waals surface area contributed by atoms with E-state index in [-0.39, 0.29) is 18.9 Å². The number of phosphoric ester groups is 2. The van der Waals surface area contributed by atoms with Crippen LogP contribution in [0.3, 0.4) is 0 Å². The summed E-state index contributed by atoms with van der Waals surface area (Å²) in [6.45, 7) is -1.64. The standard InChI is InChI=1S/C36H49NO21P2/c1-24(38)49-20-53-59(45,54-21-50-25(2)39)57-32-19-48-36(34(44)35(32)58-60(46,55-22-51-26(3)40)56-23-52-27(4)41)47-18-31(42)17-37-33(43)14-13-29-11-8-12-30(16-29)15-28-9-6-5-7-10-28/h5-12,16,31-32,34-36,42,44H,13-15,17-23H2,1-4H3,(H,37,43)/t31-,32+,34+,35-,36-/m0/s1. The molecule has 1 amide bonds. The van der Waals surface area contributed by atoms with E-state index in [4.69, 9.17) is 36.6 Å². The van der Waals surface area contributed by atoms with Crippen LogP contribution in [0.25, 0.3) is 0 Å². The van der Waals surface area contributed by atoms with Crippen molar-refractivity contribution in [1.82, 2.24) is 5.32 Å². The highest BCUT2D eigenvalue weighted by Gasteiger charge is 2.50. The van der Waals surface area contributed by atoms with E-state index < -0.39 is 111 Å². The fraction of sp³-hybridized carbons (Fsp3) is 0.528. The average molecular weight is 894 g/mol. The molecule has 0 spiro atoms. The van der Waals surface area contributed by atoms with Crippen LogP contribution in [0.4, 0.5) is 0 Å². The maximum absolute atomic E-state index is 13.7. The summed E-state index contributed by atoms with van der Waals surface area (Å²) < 4.78 is 87.8. The molecule has 0 saturated carbocycles. The first kappa shape index (κ1) is 50.2. The molecule has 0 bridgehead atoms. The van der Waals surface area contributed by atoms with Crippen molar-refractivity contribution in [2.75, 3.05) is 46.9 Å². The number of hydrogen-bond donors (Lipinski definition) is 3. The second-order valence-corrected chi connectivity index (χ2v) is 15.8. The smallest absolute Gasteiger partial charge is 0.438 e. The molecule has 5 atom stereocenters. The van der Waals surface area contributed by atoms with Crippen LogP contribution in [0.1, 0.15) is 50.8 Å². The Hall–Kier alpha value is -4.15. The Morgan fingerprint density at radius 2 is 1.23 bits per heavy atom. The van der Waals surface area contributed by atoms with Crippen molar-refractivity contribution in [3.05, 3.63) is 71.3 Å². The zero-order valence-electron chi connectivity index (χ0n) is 33.2. The molecular weight excluding hydrogens is 844 g/mol. The Morgan fingerprint density at radius 3 is 1.77 bits per heavy atom. The van der Waals surface area contributed by atoms with Gasteiger partial charge in [-0.25, -0.2) is 27.2 Å². The lowest BCUT2D eigenvalue weighted by Gasteiger charge is -2.40. The van der Waals surface area contributed by atoms with Crippen molar-refractivity contribution in [2.45, 2.75) is 77.7 Å². The quantitative estimate of drug-likeness (QED) is 0.0529. The van der Waals surface area contributed by atoms with Gasteiger partial charge < -0.3 is 44.0 Å². The predicted molar refractivity (Wildman–Crippen MR) is 201 cm³/mol. The normalized spacial score (nSPS) is 18.5. The number of aryl methyl sites for hydroxylation is 1. The van der Waals surface area contributed by atoms with E-state index >= 15 is 0 Å². The van der Waals surface area contributed by atoms with Crippen LogP contribution in [-0.4, -0.2) is 118 Å². The first-order valence-electron chi connectivity index (χ1n) is 18.1. The summed E-state index contributed by atoms with van der Waals surface area (Å²) in [5, 5.41) is 24.6. The zero-order valence-corrected chi connectivity index (χ0v) is 35.0. The summed E-state index contributed by atoms with van der Waals surface area (Å²) >= 11 is 0. The molecule has 0 aliphatic carbocycles. The summed E-state index contributed by atoms with van der Waals surface area (Å²) in [6, 6.07) is 17.8. The summed E-state index contributed by atoms with van der Waals surface area (Å²) in [5.74, 6) is -3.84. The number of amides is 1. The number of phosphoric acid groups is 2. The Labute approximate surface area is 345 Å². The SMILES string of the molecule is CC(=O)OCOP(=O)(OCOC(C)=O)O[C@@H]1[C@@H](O)[C@@H](OC[C@@H](O)CNC(=O)CCc2cccc(Cc3ccccc3)c2)OC[C@H]1OP(=O)(OCOC(C)=O)OCOC(C)=O. The summed E-state index contributed by atoms with van der Waals surface area (Å²) in [4.78, 5) is 57.9. The van der Waals surface area contributed by atoms with Crippen molar-refractivity contribution >= 4 is 45.4 Å². The van der Waals surface area contributed by atoms with Gasteiger partial charge in [0, 0.05) is 40.7 Å². The monoisotopic (exact) mass is 893 g/mol. The third-order valence-corrected chi connectivity index (χ3v) is 10.4. The second-order valence-electron chi connectivity index (χ2n) is 12.6. The highest BCUT2D eigenvalue weighted by Crippen LogP contribution is 2.55. The molecule has 3 N–H and O–H groups in total. The van der Waals surface area contributed by atoms with Gasteiger partial charge in [-0.05, 0) is 29.5 Å². The number of carbonyl (C=O) groups is 5. The van der Waals surface area contributed by atoms with E-state index in [1.165, 1.54) is 0 Å². The van der Waals surface area contributed by atoms with Crippen molar-refractivity contribution in [1.29, 1.82) is 0 Å². The molecule has 1 fully saturated rings. The van der Waals surface area contributed by atoms with Crippen molar-refractivity contribution in [3.63, 3.8) is 0 Å². The van der Waals surface area contributed by atoms with Crippen LogP contribution in [0, 0.1) is 0 Å². The molecule has 0 aromatic heterocycles. The lowest BCUT2D eigenvalue weighted by atomic mass is 10.0. The van der Waals surface area contributed by atoms with Gasteiger partial charge >= 0.3 is 39.5 Å². The number of carbonyl (C=O) groups excluding carboxylic acids is 5. The Balaban J connectivity index is 1.69. The van der Waals surface area contributed by atoms with Crippen molar-refractivity contribution in [2.24, 2.45) is 0 Å². The molecule has 0 unspecified atom stereocenters. The van der Waals surface area contributed by atoms with Gasteiger partial charge in [-0.15, -0.1) is 0 Å². The summed E-state index contributed by atoms with van der Waals surface area (Å²) in [7, 11) is -10.0. The van der Waals surface area contributed by atoms with E-state index in [1.807, 2.05) is 54.6 Å². The Kier molecular flexibility index (Phi) is 21.4. The maximum atomic E-state index is 13.7. The fourth-order valence-corrected chi connectivity index (χ4v) is 7.09. The van der Waals surface area contributed by atoms with Gasteiger partial charge in [0.15, 0.2) is 6.29 Å². The van der Waals surface area contributed by atoms with E-state index in [2.05, 4.69) is 24.3 Å². The number of aliphatic hydroxyl groups excluding tert-OH is 2.